The van der Waals surface area contributed by atoms with Gasteiger partial charge in [0.05, 0.1) is 13.2 Å². The van der Waals surface area contributed by atoms with Crippen molar-refractivity contribution in [3.63, 3.8) is 0 Å². The van der Waals surface area contributed by atoms with Gasteiger partial charge in [-0.3, -0.25) is 0 Å². The molecule has 0 bridgehead atoms. The van der Waals surface area contributed by atoms with Gasteiger partial charge in [0.2, 0.25) is 0 Å². The Labute approximate surface area is 65.8 Å². The molecule has 0 rings (SSSR count). The third-order valence-electron chi connectivity index (χ3n) is 0.524. The smallest absolute Gasteiger partial charge is 0.435 e. The van der Waals surface area contributed by atoms with Crippen LogP contribution in [-0.4, -0.2) is 25.3 Å². The van der Waals surface area contributed by atoms with E-state index in [1.807, 2.05) is 0 Å². The van der Waals surface area contributed by atoms with E-state index >= 15 is 0 Å². The highest BCUT2D eigenvalue weighted by molar-refractivity contribution is 5.59. The van der Waals surface area contributed by atoms with Gasteiger partial charge >= 0.3 is 6.16 Å². The lowest BCUT2D eigenvalue weighted by molar-refractivity contribution is 0.0630. The van der Waals surface area contributed by atoms with Crippen molar-refractivity contribution in [3.05, 3.63) is 6.58 Å². The fourth-order valence-electron chi connectivity index (χ4n) is 0.277. The van der Waals surface area contributed by atoms with E-state index in [9.17, 15) is 4.79 Å². The third kappa shape index (κ3) is 17.7. The summed E-state index contributed by atoms with van der Waals surface area (Å²) in [4.78, 5) is 18.8. The molecule has 0 N–H and O–H groups in total. The maximum absolute atomic E-state index is 10.2. The molecule has 4 nitrogen and oxygen atoms in total. The van der Waals surface area contributed by atoms with Crippen molar-refractivity contribution in [1.29, 1.82) is 0 Å². The fraction of sp³-hybridized carbons (Fsp3) is 0.571. The molecule has 0 atom stereocenters. The Morgan fingerprint density at radius 2 is 1.64 bits per heavy atom. The molecule has 0 fully saturated rings. The third-order valence-corrected chi connectivity index (χ3v) is 0.524. The zero-order chi connectivity index (χ0) is 9.11. The van der Waals surface area contributed by atoms with Crippen LogP contribution in [-0.2, 0) is 14.3 Å². The second kappa shape index (κ2) is 11.5. The lowest BCUT2D eigenvalue weighted by Gasteiger charge is -1.98. The summed E-state index contributed by atoms with van der Waals surface area (Å²) in [6.07, 6.45) is -0.588. The molecule has 0 aliphatic carbocycles. The maximum Gasteiger partial charge on any atom is 0.508 e. The average Bonchev–Trinajstić information content (AvgIpc) is 1.90. The van der Waals surface area contributed by atoms with Crippen LogP contribution in [0.2, 0.25) is 0 Å². The second-order valence-corrected chi connectivity index (χ2v) is 1.26. The van der Waals surface area contributed by atoms with Crippen LogP contribution in [0.3, 0.4) is 0 Å². The van der Waals surface area contributed by atoms with Gasteiger partial charge < -0.3 is 9.47 Å². The zero-order valence-electron chi connectivity index (χ0n) is 6.75. The number of hydrogen-bond acceptors (Lipinski definition) is 4. The molecule has 0 aromatic carbocycles. The van der Waals surface area contributed by atoms with Gasteiger partial charge in [-0.25, -0.2) is 9.59 Å². The highest BCUT2D eigenvalue weighted by atomic mass is 16.7. The minimum absolute atomic E-state index is 0.374. The highest BCUT2D eigenvalue weighted by Gasteiger charge is 1.96. The normalized spacial score (nSPS) is 6.73. The van der Waals surface area contributed by atoms with E-state index in [-0.39, 0.29) is 0 Å². The summed E-state index contributed by atoms with van der Waals surface area (Å²) in [6, 6.07) is 0. The topological polar surface area (TPSA) is 52.6 Å². The van der Waals surface area contributed by atoms with Crippen LogP contribution in [0, 0.1) is 0 Å². The van der Waals surface area contributed by atoms with E-state index in [1.54, 1.807) is 13.8 Å². The number of carbonyl (C=O) groups is 1. The molecule has 0 amide bonds. The molecule has 0 aromatic rings. The summed E-state index contributed by atoms with van der Waals surface area (Å²) in [6.45, 7) is 6.89. The maximum atomic E-state index is 10.2. The molecule has 0 spiro atoms. The highest BCUT2D eigenvalue weighted by Crippen LogP contribution is 1.81. The summed E-state index contributed by atoms with van der Waals surface area (Å²) < 4.78 is 8.84. The molecule has 0 radical (unpaired) electrons. The van der Waals surface area contributed by atoms with Gasteiger partial charge in [0, 0.05) is 0 Å². The van der Waals surface area contributed by atoms with Crippen molar-refractivity contribution in [2.24, 2.45) is 0 Å². The Kier molecular flexibility index (Phi) is 13.0. The van der Waals surface area contributed by atoms with Crippen molar-refractivity contribution in [2.75, 3.05) is 13.2 Å². The SMILES string of the molecule is C=C=O.CCOC(=O)OCC. The minimum Gasteiger partial charge on any atom is -0.435 e. The summed E-state index contributed by atoms with van der Waals surface area (Å²) >= 11 is 0. The Balaban J connectivity index is 0. The lowest BCUT2D eigenvalue weighted by Crippen LogP contribution is -2.05. The first-order chi connectivity index (χ1) is 5.22. The molecule has 0 aliphatic rings. The van der Waals surface area contributed by atoms with Gasteiger partial charge in [-0.15, -0.1) is 0 Å². The molecular weight excluding hydrogens is 148 g/mol. The van der Waals surface area contributed by atoms with Crippen molar-refractivity contribution in [2.45, 2.75) is 13.8 Å². The number of carbonyl (C=O) groups excluding carboxylic acids is 2. The summed E-state index contributed by atoms with van der Waals surface area (Å²) in [5.74, 6) is 1.25. The molecule has 0 saturated carbocycles. The zero-order valence-corrected chi connectivity index (χ0v) is 6.75. The van der Waals surface area contributed by atoms with Gasteiger partial charge in [0.15, 0.2) is 0 Å². The first-order valence-electron chi connectivity index (χ1n) is 3.16. The second-order valence-electron chi connectivity index (χ2n) is 1.26. The van der Waals surface area contributed by atoms with E-state index in [0.29, 0.717) is 13.2 Å². The average molecular weight is 160 g/mol. The monoisotopic (exact) mass is 160 g/mol. The van der Waals surface area contributed by atoms with Crippen molar-refractivity contribution in [3.8, 4) is 0 Å². The van der Waals surface area contributed by atoms with Crippen LogP contribution >= 0.6 is 0 Å². The van der Waals surface area contributed by atoms with Crippen molar-refractivity contribution >= 4 is 12.1 Å². The van der Waals surface area contributed by atoms with E-state index in [1.165, 1.54) is 5.94 Å². The van der Waals surface area contributed by atoms with Gasteiger partial charge in [0.25, 0.3) is 0 Å². The standard InChI is InChI=1S/C5H10O3.C2H2O/c1-3-7-5(6)8-4-2;1-2-3/h3-4H2,1-2H3;1H2. The molecule has 0 unspecified atom stereocenters. The molecular formula is C7H12O4. The molecule has 0 saturated heterocycles. The number of ether oxygens (including phenoxy) is 2. The molecule has 11 heavy (non-hydrogen) atoms. The van der Waals surface area contributed by atoms with Crippen LogP contribution in [0.15, 0.2) is 6.58 Å². The summed E-state index contributed by atoms with van der Waals surface area (Å²) in [7, 11) is 0. The molecule has 0 aromatic heterocycles. The van der Waals surface area contributed by atoms with E-state index in [2.05, 4.69) is 16.1 Å². The van der Waals surface area contributed by atoms with Gasteiger partial charge in [-0.1, -0.05) is 0 Å². The number of hydrogen-bond donors (Lipinski definition) is 0. The van der Waals surface area contributed by atoms with Gasteiger partial charge in [-0.05, 0) is 20.4 Å². The van der Waals surface area contributed by atoms with Crippen LogP contribution < -0.4 is 0 Å². The Bertz CT molecular complexity index is 116. The van der Waals surface area contributed by atoms with Crippen LogP contribution in [0.1, 0.15) is 13.8 Å². The van der Waals surface area contributed by atoms with E-state index in [4.69, 9.17) is 4.79 Å². The predicted octanol–water partition coefficient (Wildman–Crippen LogP) is 1.18. The fourth-order valence-corrected chi connectivity index (χ4v) is 0.277. The van der Waals surface area contributed by atoms with Crippen LogP contribution in [0.25, 0.3) is 0 Å². The van der Waals surface area contributed by atoms with E-state index in [0.717, 1.165) is 0 Å². The van der Waals surface area contributed by atoms with Crippen LogP contribution in [0.4, 0.5) is 4.79 Å². The molecule has 64 valence electrons. The quantitative estimate of drug-likeness (QED) is 0.449. The molecule has 4 heteroatoms. The first kappa shape index (κ1) is 12.4. The van der Waals surface area contributed by atoms with Gasteiger partial charge in [-0.2, -0.15) is 0 Å². The molecule has 0 heterocycles. The van der Waals surface area contributed by atoms with Crippen molar-refractivity contribution < 1.29 is 19.1 Å². The largest absolute Gasteiger partial charge is 0.508 e. The van der Waals surface area contributed by atoms with Gasteiger partial charge in [0.1, 0.15) is 5.94 Å². The molecule has 0 aliphatic heterocycles. The Morgan fingerprint density at radius 3 is 1.82 bits per heavy atom. The number of rotatable bonds is 2. The van der Waals surface area contributed by atoms with Crippen molar-refractivity contribution in [1.82, 2.24) is 0 Å². The minimum atomic E-state index is -0.588. The lowest BCUT2D eigenvalue weighted by atomic mass is 10.8. The Morgan fingerprint density at radius 1 is 1.36 bits per heavy atom. The predicted molar refractivity (Wildman–Crippen MR) is 40.0 cm³/mol. The Hall–Kier alpha value is -1.28. The summed E-state index contributed by atoms with van der Waals surface area (Å²) in [5.41, 5.74) is 0. The van der Waals surface area contributed by atoms with Crippen LogP contribution in [0.5, 0.6) is 0 Å². The summed E-state index contributed by atoms with van der Waals surface area (Å²) in [5, 5.41) is 0. The van der Waals surface area contributed by atoms with E-state index < -0.39 is 6.16 Å². The first-order valence-corrected chi connectivity index (χ1v) is 3.16.